The summed E-state index contributed by atoms with van der Waals surface area (Å²) in [6.07, 6.45) is 0. The van der Waals surface area contributed by atoms with Gasteiger partial charge < -0.3 is 19.9 Å². The molecule has 0 bridgehead atoms. The average molecular weight is 398 g/mol. The van der Waals surface area contributed by atoms with Crippen molar-refractivity contribution in [3.63, 3.8) is 0 Å². The smallest absolute Gasteiger partial charge is 0.255 e. The highest BCUT2D eigenvalue weighted by Gasteiger charge is 2.14. The minimum absolute atomic E-state index is 0.0563. The summed E-state index contributed by atoms with van der Waals surface area (Å²) in [5.74, 6) is 0.332. The molecular formula is C22H20ClNO4. The molecule has 144 valence electrons. The summed E-state index contributed by atoms with van der Waals surface area (Å²) in [7, 11) is 0. The Hall–Kier alpha value is -3.18. The number of amides is 1. The molecule has 0 fully saturated rings. The summed E-state index contributed by atoms with van der Waals surface area (Å²) in [6, 6.07) is 19.8. The van der Waals surface area contributed by atoms with Crippen molar-refractivity contribution in [3.8, 4) is 17.2 Å². The predicted molar refractivity (Wildman–Crippen MR) is 109 cm³/mol. The average Bonchev–Trinajstić information content (AvgIpc) is 2.71. The number of carbonyl (C=O) groups is 1. The van der Waals surface area contributed by atoms with Gasteiger partial charge in [-0.05, 0) is 48.9 Å². The van der Waals surface area contributed by atoms with Crippen molar-refractivity contribution in [1.82, 2.24) is 0 Å². The van der Waals surface area contributed by atoms with Crippen LogP contribution in [-0.4, -0.2) is 17.6 Å². The molecule has 3 aromatic rings. The summed E-state index contributed by atoms with van der Waals surface area (Å²) in [4.78, 5) is 12.5. The highest BCUT2D eigenvalue weighted by Crippen LogP contribution is 2.35. The van der Waals surface area contributed by atoms with Gasteiger partial charge in [-0.25, -0.2) is 0 Å². The molecule has 0 heterocycles. The molecule has 0 unspecified atom stereocenters. The van der Waals surface area contributed by atoms with Crippen molar-refractivity contribution in [3.05, 3.63) is 82.9 Å². The number of hydrogen-bond acceptors (Lipinski definition) is 4. The van der Waals surface area contributed by atoms with Crippen LogP contribution in [0, 0.1) is 0 Å². The normalized spacial score (nSPS) is 10.4. The van der Waals surface area contributed by atoms with E-state index in [0.29, 0.717) is 24.7 Å². The molecule has 0 aliphatic heterocycles. The molecule has 0 saturated carbocycles. The van der Waals surface area contributed by atoms with E-state index in [2.05, 4.69) is 5.32 Å². The molecule has 0 atom stereocenters. The largest absolute Gasteiger partial charge is 0.503 e. The van der Waals surface area contributed by atoms with Gasteiger partial charge in [-0.15, -0.1) is 0 Å². The fourth-order valence-corrected chi connectivity index (χ4v) is 2.76. The second kappa shape index (κ2) is 9.15. The van der Waals surface area contributed by atoms with Gasteiger partial charge in [0.25, 0.3) is 5.91 Å². The van der Waals surface area contributed by atoms with Gasteiger partial charge in [0.2, 0.25) is 0 Å². The molecular weight excluding hydrogens is 378 g/mol. The number of aromatic hydroxyl groups is 1. The molecule has 0 aliphatic carbocycles. The van der Waals surface area contributed by atoms with Gasteiger partial charge >= 0.3 is 0 Å². The molecule has 0 spiro atoms. The van der Waals surface area contributed by atoms with E-state index in [4.69, 9.17) is 21.1 Å². The first-order valence-corrected chi connectivity index (χ1v) is 9.18. The number of benzene rings is 3. The highest BCUT2D eigenvalue weighted by atomic mass is 35.5. The zero-order chi connectivity index (χ0) is 19.9. The van der Waals surface area contributed by atoms with Crippen LogP contribution in [0.25, 0.3) is 0 Å². The number of rotatable bonds is 7. The van der Waals surface area contributed by atoms with Crippen molar-refractivity contribution in [2.24, 2.45) is 0 Å². The molecule has 0 radical (unpaired) electrons. The first-order chi connectivity index (χ1) is 13.6. The quantitative estimate of drug-likeness (QED) is 0.569. The number of hydrogen-bond donors (Lipinski definition) is 2. The number of carbonyl (C=O) groups excluding carboxylic acids is 1. The Labute approximate surface area is 168 Å². The Balaban J connectivity index is 1.64. The van der Waals surface area contributed by atoms with Gasteiger partial charge in [-0.1, -0.05) is 41.9 Å². The fraction of sp³-hybridized carbons (Fsp3) is 0.136. The summed E-state index contributed by atoms with van der Waals surface area (Å²) >= 11 is 5.98. The van der Waals surface area contributed by atoms with Crippen LogP contribution in [0.5, 0.6) is 17.2 Å². The summed E-state index contributed by atoms with van der Waals surface area (Å²) in [5, 5.41) is 12.7. The van der Waals surface area contributed by atoms with Crippen molar-refractivity contribution >= 4 is 23.2 Å². The van der Waals surface area contributed by atoms with Gasteiger partial charge in [0.1, 0.15) is 12.4 Å². The van der Waals surface area contributed by atoms with Crippen LogP contribution in [0.3, 0.4) is 0 Å². The Morgan fingerprint density at radius 3 is 2.43 bits per heavy atom. The van der Waals surface area contributed by atoms with Crippen molar-refractivity contribution in [2.75, 3.05) is 11.9 Å². The van der Waals surface area contributed by atoms with E-state index in [9.17, 15) is 9.90 Å². The lowest BCUT2D eigenvalue weighted by atomic mass is 10.1. The minimum atomic E-state index is -0.360. The summed E-state index contributed by atoms with van der Waals surface area (Å²) in [6.45, 7) is 2.60. The third-order valence-electron chi connectivity index (χ3n) is 3.95. The van der Waals surface area contributed by atoms with Crippen LogP contribution in [0.2, 0.25) is 5.02 Å². The molecule has 6 heteroatoms. The van der Waals surface area contributed by atoms with E-state index in [1.54, 1.807) is 31.2 Å². The van der Waals surface area contributed by atoms with Crippen molar-refractivity contribution < 1.29 is 19.4 Å². The number of halogens is 1. The zero-order valence-corrected chi connectivity index (χ0v) is 16.1. The Bertz CT molecular complexity index is 943. The van der Waals surface area contributed by atoms with Crippen LogP contribution >= 0.6 is 11.6 Å². The van der Waals surface area contributed by atoms with E-state index < -0.39 is 0 Å². The van der Waals surface area contributed by atoms with Gasteiger partial charge in [0.15, 0.2) is 11.5 Å². The van der Waals surface area contributed by atoms with Gasteiger partial charge in [-0.2, -0.15) is 0 Å². The number of ether oxygens (including phenoxy) is 2. The van der Waals surface area contributed by atoms with Crippen LogP contribution in [0.15, 0.2) is 66.7 Å². The maximum atomic E-state index is 12.5. The maximum absolute atomic E-state index is 12.5. The monoisotopic (exact) mass is 397 g/mol. The van der Waals surface area contributed by atoms with Crippen LogP contribution in [0.4, 0.5) is 5.69 Å². The zero-order valence-electron chi connectivity index (χ0n) is 15.3. The third-order valence-corrected chi connectivity index (χ3v) is 4.24. The molecule has 28 heavy (non-hydrogen) atoms. The maximum Gasteiger partial charge on any atom is 0.255 e. The van der Waals surface area contributed by atoms with Crippen LogP contribution < -0.4 is 14.8 Å². The van der Waals surface area contributed by atoms with Gasteiger partial charge in [0.05, 0.1) is 11.6 Å². The summed E-state index contributed by atoms with van der Waals surface area (Å²) < 4.78 is 11.0. The molecule has 0 aromatic heterocycles. The molecule has 0 saturated heterocycles. The van der Waals surface area contributed by atoms with Crippen molar-refractivity contribution in [1.29, 1.82) is 0 Å². The van der Waals surface area contributed by atoms with E-state index >= 15 is 0 Å². The first-order valence-electron chi connectivity index (χ1n) is 8.80. The minimum Gasteiger partial charge on any atom is -0.503 e. The van der Waals surface area contributed by atoms with E-state index in [1.165, 1.54) is 12.1 Å². The van der Waals surface area contributed by atoms with Crippen molar-refractivity contribution in [2.45, 2.75) is 13.5 Å². The van der Waals surface area contributed by atoms with Gasteiger partial charge in [-0.3, -0.25) is 4.79 Å². The standard InChI is InChI=1S/C22H20ClNO4/c1-2-27-20-13-16(12-19(23)21(20)25)22(26)24-17-8-10-18(11-9-17)28-14-15-6-4-3-5-7-15/h3-13,25H,2,14H2,1H3,(H,24,26). The van der Waals surface area contributed by atoms with Crippen LogP contribution in [0.1, 0.15) is 22.8 Å². The molecule has 0 aliphatic rings. The lowest BCUT2D eigenvalue weighted by Gasteiger charge is -2.11. The second-order valence-corrected chi connectivity index (χ2v) is 6.40. The lowest BCUT2D eigenvalue weighted by Crippen LogP contribution is -2.12. The number of nitrogens with one attached hydrogen (secondary N) is 1. The molecule has 2 N–H and O–H groups in total. The van der Waals surface area contributed by atoms with Gasteiger partial charge in [0, 0.05) is 11.3 Å². The second-order valence-electron chi connectivity index (χ2n) is 5.99. The number of phenolic OH excluding ortho intramolecular Hbond substituents is 1. The topological polar surface area (TPSA) is 67.8 Å². The van der Waals surface area contributed by atoms with E-state index in [-0.39, 0.29) is 28.0 Å². The summed E-state index contributed by atoms with van der Waals surface area (Å²) in [5.41, 5.74) is 1.98. The molecule has 3 rings (SSSR count). The molecule has 3 aromatic carbocycles. The van der Waals surface area contributed by atoms with E-state index in [1.807, 2.05) is 30.3 Å². The lowest BCUT2D eigenvalue weighted by molar-refractivity contribution is 0.102. The predicted octanol–water partition coefficient (Wildman–Crippen LogP) is 5.28. The molecule has 1 amide bonds. The van der Waals surface area contributed by atoms with Crippen LogP contribution in [-0.2, 0) is 6.61 Å². The highest BCUT2D eigenvalue weighted by molar-refractivity contribution is 6.32. The first kappa shape index (κ1) is 19.6. The van der Waals surface area contributed by atoms with E-state index in [0.717, 1.165) is 5.56 Å². The Morgan fingerprint density at radius 1 is 1.04 bits per heavy atom. The Kier molecular flexibility index (Phi) is 6.40. The fourth-order valence-electron chi connectivity index (χ4n) is 2.55. The SMILES string of the molecule is CCOc1cc(C(=O)Nc2ccc(OCc3ccccc3)cc2)cc(Cl)c1O. The Morgan fingerprint density at radius 2 is 1.75 bits per heavy atom. The number of anilines is 1. The third kappa shape index (κ3) is 4.96. The molecule has 5 nitrogen and oxygen atoms in total. The number of phenols is 1.